The lowest BCUT2D eigenvalue weighted by atomic mass is 9.83. The van der Waals surface area contributed by atoms with Crippen molar-refractivity contribution in [2.75, 3.05) is 19.6 Å². The molecule has 0 spiro atoms. The molecule has 1 aliphatic heterocycles. The van der Waals surface area contributed by atoms with Gasteiger partial charge < -0.3 is 15.0 Å². The lowest BCUT2D eigenvalue weighted by Gasteiger charge is -2.34. The van der Waals surface area contributed by atoms with Gasteiger partial charge in [-0.1, -0.05) is 72.8 Å². The van der Waals surface area contributed by atoms with Crippen molar-refractivity contribution in [3.8, 4) is 5.75 Å². The van der Waals surface area contributed by atoms with Gasteiger partial charge in [0, 0.05) is 42.7 Å². The molecule has 0 aliphatic carbocycles. The van der Waals surface area contributed by atoms with Crippen LogP contribution in [0.1, 0.15) is 71.8 Å². The van der Waals surface area contributed by atoms with Crippen LogP contribution in [0.15, 0.2) is 84.9 Å². The molecule has 4 aromatic carbocycles. The molecule has 0 fully saturated rings. The standard InChI is InChI=1S/C34H38N2O2.ClH/c1-5-36(6-2)34(37)31-20-26(19-18-23(31)3)32-21-27(38-33-17-10-9-15-30(32)33)22-35-24(4)28-16-11-13-25-12-7-8-14-29(25)28;/h7-20,24,27,32,35H,5-6,21-22H2,1-4H3;1H/t24-,27-,32+;/m1./s1. The van der Waals surface area contributed by atoms with E-state index in [1.54, 1.807) is 0 Å². The molecule has 5 heteroatoms. The number of carbonyl (C=O) groups excluding carboxylic acids is 1. The Bertz CT molecular complexity index is 1430. The highest BCUT2D eigenvalue weighted by atomic mass is 35.5. The second-order valence-corrected chi connectivity index (χ2v) is 10.3. The molecule has 4 aromatic rings. The Kier molecular flexibility index (Phi) is 9.32. The minimum atomic E-state index is 0. The Balaban J connectivity index is 0.00000353. The van der Waals surface area contributed by atoms with Crippen molar-refractivity contribution in [1.29, 1.82) is 0 Å². The number of nitrogens with one attached hydrogen (secondary N) is 1. The molecule has 39 heavy (non-hydrogen) atoms. The van der Waals surface area contributed by atoms with Gasteiger partial charge in [0.1, 0.15) is 11.9 Å². The van der Waals surface area contributed by atoms with Crippen molar-refractivity contribution < 1.29 is 9.53 Å². The maximum atomic E-state index is 13.3. The van der Waals surface area contributed by atoms with Gasteiger partial charge in [-0.25, -0.2) is 0 Å². The highest BCUT2D eigenvalue weighted by Crippen LogP contribution is 2.41. The van der Waals surface area contributed by atoms with Crippen molar-refractivity contribution in [3.63, 3.8) is 0 Å². The van der Waals surface area contributed by atoms with Gasteiger partial charge in [-0.3, -0.25) is 4.79 Å². The van der Waals surface area contributed by atoms with E-state index in [9.17, 15) is 4.79 Å². The van der Waals surface area contributed by atoms with Crippen LogP contribution in [0.4, 0.5) is 0 Å². The zero-order valence-electron chi connectivity index (χ0n) is 23.3. The normalized spacial score (nSPS) is 17.0. The summed E-state index contributed by atoms with van der Waals surface area (Å²) in [5.74, 6) is 1.21. The second-order valence-electron chi connectivity index (χ2n) is 10.3. The molecule has 1 aliphatic rings. The van der Waals surface area contributed by atoms with Crippen LogP contribution in [0.25, 0.3) is 10.8 Å². The predicted octanol–water partition coefficient (Wildman–Crippen LogP) is 7.69. The SMILES string of the molecule is CCN(CC)C(=O)c1cc([C@@H]2C[C@H](CN[C@H](C)c3cccc4ccccc34)Oc3ccccc32)ccc1C.Cl. The summed E-state index contributed by atoms with van der Waals surface area (Å²) in [5.41, 5.74) is 5.49. The number of fused-ring (bicyclic) bond motifs is 2. The molecule has 204 valence electrons. The number of para-hydroxylation sites is 1. The first-order valence-electron chi connectivity index (χ1n) is 13.9. The zero-order valence-corrected chi connectivity index (χ0v) is 24.1. The summed E-state index contributed by atoms with van der Waals surface area (Å²) in [5, 5.41) is 6.29. The number of rotatable bonds is 8. The predicted molar refractivity (Wildman–Crippen MR) is 163 cm³/mol. The van der Waals surface area contributed by atoms with Gasteiger partial charge in [0.15, 0.2) is 0 Å². The van der Waals surface area contributed by atoms with Crippen LogP contribution in [0.5, 0.6) is 5.75 Å². The average Bonchev–Trinajstić information content (AvgIpc) is 2.96. The third kappa shape index (κ3) is 5.98. The topological polar surface area (TPSA) is 41.6 Å². The fourth-order valence-corrected chi connectivity index (χ4v) is 5.75. The van der Waals surface area contributed by atoms with Gasteiger partial charge in [0.25, 0.3) is 5.91 Å². The van der Waals surface area contributed by atoms with E-state index in [1.807, 2.05) is 31.7 Å². The van der Waals surface area contributed by atoms with E-state index in [2.05, 4.69) is 91.1 Å². The Labute approximate surface area is 238 Å². The Morgan fingerprint density at radius 2 is 1.69 bits per heavy atom. The number of benzene rings is 4. The molecule has 5 rings (SSSR count). The van der Waals surface area contributed by atoms with Crippen molar-refractivity contribution in [1.82, 2.24) is 10.2 Å². The third-order valence-corrected chi connectivity index (χ3v) is 7.97. The van der Waals surface area contributed by atoms with Crippen LogP contribution >= 0.6 is 12.4 Å². The Morgan fingerprint density at radius 3 is 2.49 bits per heavy atom. The van der Waals surface area contributed by atoms with E-state index in [1.165, 1.54) is 27.5 Å². The molecule has 0 aromatic heterocycles. The van der Waals surface area contributed by atoms with E-state index < -0.39 is 0 Å². The van der Waals surface area contributed by atoms with Crippen LogP contribution in [-0.2, 0) is 0 Å². The van der Waals surface area contributed by atoms with Crippen LogP contribution in [-0.4, -0.2) is 36.5 Å². The number of hydrogen-bond donors (Lipinski definition) is 1. The molecule has 0 bridgehead atoms. The third-order valence-electron chi connectivity index (χ3n) is 7.97. The molecule has 0 saturated carbocycles. The molecule has 3 atom stereocenters. The molecule has 4 nitrogen and oxygen atoms in total. The average molecular weight is 543 g/mol. The van der Waals surface area contributed by atoms with Gasteiger partial charge in [0.05, 0.1) is 0 Å². The summed E-state index contributed by atoms with van der Waals surface area (Å²) < 4.78 is 6.49. The molecule has 1 N–H and O–H groups in total. The highest BCUT2D eigenvalue weighted by molar-refractivity contribution is 5.96. The quantitative estimate of drug-likeness (QED) is 0.248. The minimum absolute atomic E-state index is 0. The minimum Gasteiger partial charge on any atom is -0.489 e. The summed E-state index contributed by atoms with van der Waals surface area (Å²) in [6.45, 7) is 10.5. The van der Waals surface area contributed by atoms with Crippen molar-refractivity contribution in [3.05, 3.63) is 113 Å². The van der Waals surface area contributed by atoms with E-state index in [0.717, 1.165) is 29.8 Å². The molecular formula is C34H39ClN2O2. The van der Waals surface area contributed by atoms with E-state index >= 15 is 0 Å². The van der Waals surface area contributed by atoms with Crippen molar-refractivity contribution in [2.24, 2.45) is 0 Å². The van der Waals surface area contributed by atoms with Gasteiger partial charge in [0.2, 0.25) is 0 Å². The molecule has 0 radical (unpaired) electrons. The largest absolute Gasteiger partial charge is 0.489 e. The summed E-state index contributed by atoms with van der Waals surface area (Å²) >= 11 is 0. The summed E-state index contributed by atoms with van der Waals surface area (Å²) in [4.78, 5) is 15.2. The van der Waals surface area contributed by atoms with E-state index in [0.29, 0.717) is 13.1 Å². The maximum absolute atomic E-state index is 13.3. The number of amides is 1. The number of ether oxygens (including phenoxy) is 1. The molecule has 0 saturated heterocycles. The zero-order chi connectivity index (χ0) is 26.6. The smallest absolute Gasteiger partial charge is 0.254 e. The van der Waals surface area contributed by atoms with Crippen LogP contribution < -0.4 is 10.1 Å². The second kappa shape index (κ2) is 12.7. The van der Waals surface area contributed by atoms with Gasteiger partial charge >= 0.3 is 0 Å². The fourth-order valence-electron chi connectivity index (χ4n) is 5.75. The lowest BCUT2D eigenvalue weighted by molar-refractivity contribution is 0.0772. The number of halogens is 1. The monoisotopic (exact) mass is 542 g/mol. The molecule has 1 amide bonds. The first-order valence-corrected chi connectivity index (χ1v) is 13.9. The number of hydrogen-bond acceptors (Lipinski definition) is 3. The van der Waals surface area contributed by atoms with Crippen LogP contribution in [0.3, 0.4) is 0 Å². The first-order chi connectivity index (χ1) is 18.5. The van der Waals surface area contributed by atoms with Crippen LogP contribution in [0, 0.1) is 6.92 Å². The summed E-state index contributed by atoms with van der Waals surface area (Å²) in [7, 11) is 0. The molecular weight excluding hydrogens is 504 g/mol. The first kappa shape index (κ1) is 28.7. The summed E-state index contributed by atoms with van der Waals surface area (Å²) in [6, 6.07) is 30.0. The number of nitrogens with zero attached hydrogens (tertiary/aromatic N) is 1. The van der Waals surface area contributed by atoms with Crippen molar-refractivity contribution in [2.45, 2.75) is 52.2 Å². The fraction of sp³-hybridized carbons (Fsp3) is 0.324. The summed E-state index contributed by atoms with van der Waals surface area (Å²) in [6.07, 6.45) is 0.879. The number of carbonyl (C=O) groups is 1. The van der Waals surface area contributed by atoms with Crippen molar-refractivity contribution >= 4 is 29.1 Å². The van der Waals surface area contributed by atoms with Gasteiger partial charge in [-0.2, -0.15) is 0 Å². The number of aryl methyl sites for hydroxylation is 1. The maximum Gasteiger partial charge on any atom is 0.254 e. The Hall–Kier alpha value is -3.34. The highest BCUT2D eigenvalue weighted by Gasteiger charge is 2.30. The van der Waals surface area contributed by atoms with Gasteiger partial charge in [-0.05, 0) is 73.7 Å². The van der Waals surface area contributed by atoms with Crippen LogP contribution in [0.2, 0.25) is 0 Å². The molecule has 0 unspecified atom stereocenters. The van der Waals surface area contributed by atoms with E-state index in [4.69, 9.17) is 4.74 Å². The lowest BCUT2D eigenvalue weighted by Crippen LogP contribution is -2.37. The van der Waals surface area contributed by atoms with E-state index in [-0.39, 0.29) is 36.4 Å². The van der Waals surface area contributed by atoms with Gasteiger partial charge in [-0.15, -0.1) is 12.4 Å². The Morgan fingerprint density at radius 1 is 0.974 bits per heavy atom. The molecule has 1 heterocycles.